The molecule has 0 aromatic carbocycles. The molecule has 0 saturated carbocycles. The Balaban J connectivity index is 0.000000500. The zero-order chi connectivity index (χ0) is 6.27. The number of thiophene rings is 2. The van der Waals surface area contributed by atoms with Crippen molar-refractivity contribution in [2.45, 2.75) is 0 Å². The van der Waals surface area contributed by atoms with Gasteiger partial charge in [0.05, 0.1) is 5.00 Å². The van der Waals surface area contributed by atoms with E-state index in [2.05, 4.69) is 11.4 Å². The molecule has 0 aliphatic heterocycles. The molecule has 0 saturated heterocycles. The van der Waals surface area contributed by atoms with Gasteiger partial charge in [-0.15, -0.1) is 35.1 Å². The molecule has 10 heavy (non-hydrogen) atoms. The monoisotopic (exact) mass is 191 g/mol. The Bertz CT molecular complexity index is 296. The molecule has 54 valence electrons. The van der Waals surface area contributed by atoms with Crippen LogP contribution in [-0.4, -0.2) is 0 Å². The van der Waals surface area contributed by atoms with Gasteiger partial charge in [0.15, 0.2) is 0 Å². The van der Waals surface area contributed by atoms with Gasteiger partial charge in [0.1, 0.15) is 0 Å². The van der Waals surface area contributed by atoms with Crippen molar-refractivity contribution in [2.75, 3.05) is 5.73 Å². The molecule has 0 unspecified atom stereocenters. The number of rotatable bonds is 0. The highest BCUT2D eigenvalue weighted by atomic mass is 35.5. The number of fused-ring (bicyclic) bond motifs is 1. The van der Waals surface area contributed by atoms with Gasteiger partial charge in [0.25, 0.3) is 0 Å². The molecule has 0 fully saturated rings. The van der Waals surface area contributed by atoms with Crippen LogP contribution in [-0.2, 0) is 0 Å². The Kier molecular flexibility index (Phi) is 2.18. The number of halogens is 1. The largest absolute Gasteiger partial charge is 0.391 e. The summed E-state index contributed by atoms with van der Waals surface area (Å²) in [6.07, 6.45) is 0. The van der Waals surface area contributed by atoms with E-state index in [1.807, 2.05) is 6.07 Å². The summed E-state index contributed by atoms with van der Waals surface area (Å²) in [5.74, 6) is 0. The highest BCUT2D eigenvalue weighted by Crippen LogP contribution is 2.30. The van der Waals surface area contributed by atoms with Gasteiger partial charge in [-0.25, -0.2) is 0 Å². The number of anilines is 1. The van der Waals surface area contributed by atoms with Crippen molar-refractivity contribution >= 4 is 49.5 Å². The van der Waals surface area contributed by atoms with Crippen LogP contribution in [0.5, 0.6) is 0 Å². The molecule has 2 N–H and O–H groups in total. The minimum Gasteiger partial charge on any atom is -0.391 e. The van der Waals surface area contributed by atoms with Crippen LogP contribution in [0, 0.1) is 0 Å². The minimum atomic E-state index is 0. The van der Waals surface area contributed by atoms with E-state index in [9.17, 15) is 0 Å². The predicted molar refractivity (Wildman–Crippen MR) is 51.4 cm³/mol. The maximum atomic E-state index is 5.56. The van der Waals surface area contributed by atoms with E-state index in [0.717, 1.165) is 5.00 Å². The summed E-state index contributed by atoms with van der Waals surface area (Å²) in [6.45, 7) is 0. The fourth-order valence-corrected chi connectivity index (χ4v) is 2.67. The average molecular weight is 192 g/mol. The molecule has 0 radical (unpaired) electrons. The molecule has 2 heterocycles. The van der Waals surface area contributed by atoms with Crippen molar-refractivity contribution in [1.82, 2.24) is 0 Å². The maximum absolute atomic E-state index is 5.56. The minimum absolute atomic E-state index is 0. The molecule has 1 nitrogen and oxygen atoms in total. The van der Waals surface area contributed by atoms with E-state index >= 15 is 0 Å². The van der Waals surface area contributed by atoms with Gasteiger partial charge >= 0.3 is 0 Å². The van der Waals surface area contributed by atoms with E-state index in [1.54, 1.807) is 22.7 Å². The standard InChI is InChI=1S/C6H5NS2.ClH/c7-6-3-5-4(9-6)1-2-8-5;/h1-3H,7H2;1H. The smallest absolute Gasteiger partial charge is 0.0877 e. The number of hydrogen-bond donors (Lipinski definition) is 1. The molecule has 0 aliphatic carbocycles. The van der Waals surface area contributed by atoms with Gasteiger partial charge in [-0.1, -0.05) is 0 Å². The molecule has 0 amide bonds. The molecular formula is C6H6ClNS2. The molecule has 2 aromatic rings. The van der Waals surface area contributed by atoms with Crippen molar-refractivity contribution < 1.29 is 0 Å². The maximum Gasteiger partial charge on any atom is 0.0877 e. The Hall–Kier alpha value is -0.250. The highest BCUT2D eigenvalue weighted by molar-refractivity contribution is 7.29. The van der Waals surface area contributed by atoms with Crippen LogP contribution >= 0.6 is 35.1 Å². The lowest BCUT2D eigenvalue weighted by Crippen LogP contribution is -1.72. The zero-order valence-corrected chi connectivity index (χ0v) is 7.48. The van der Waals surface area contributed by atoms with E-state index < -0.39 is 0 Å². The third-order valence-corrected chi connectivity index (χ3v) is 3.08. The molecule has 0 atom stereocenters. The molecular weight excluding hydrogens is 186 g/mol. The summed E-state index contributed by atoms with van der Waals surface area (Å²) in [6, 6.07) is 4.12. The second kappa shape index (κ2) is 2.78. The number of hydrogen-bond acceptors (Lipinski definition) is 3. The highest BCUT2D eigenvalue weighted by Gasteiger charge is 1.96. The van der Waals surface area contributed by atoms with E-state index in [1.165, 1.54) is 9.40 Å². The van der Waals surface area contributed by atoms with E-state index in [0.29, 0.717) is 0 Å². The van der Waals surface area contributed by atoms with Gasteiger partial charge in [-0.3, -0.25) is 0 Å². The normalized spacial score (nSPS) is 9.60. The van der Waals surface area contributed by atoms with Crippen LogP contribution in [0.3, 0.4) is 0 Å². The fraction of sp³-hybridized carbons (Fsp3) is 0. The van der Waals surface area contributed by atoms with Gasteiger partial charge in [0.2, 0.25) is 0 Å². The predicted octanol–water partition coefficient (Wildman–Crippen LogP) is 2.97. The van der Waals surface area contributed by atoms with Crippen molar-refractivity contribution in [3.05, 3.63) is 17.5 Å². The van der Waals surface area contributed by atoms with Crippen LogP contribution in [0.25, 0.3) is 9.40 Å². The molecule has 2 rings (SSSR count). The SMILES string of the molecule is Cl.Nc1cc2sccc2s1. The lowest BCUT2D eigenvalue weighted by Gasteiger charge is -1.71. The molecule has 0 aliphatic rings. The summed E-state index contributed by atoms with van der Waals surface area (Å²) in [7, 11) is 0. The second-order valence-electron chi connectivity index (χ2n) is 1.80. The van der Waals surface area contributed by atoms with Gasteiger partial charge in [-0.05, 0) is 17.5 Å². The van der Waals surface area contributed by atoms with E-state index in [-0.39, 0.29) is 12.4 Å². The quantitative estimate of drug-likeness (QED) is 0.681. The van der Waals surface area contributed by atoms with E-state index in [4.69, 9.17) is 5.73 Å². The van der Waals surface area contributed by atoms with Crippen LogP contribution in [0.4, 0.5) is 5.00 Å². The van der Waals surface area contributed by atoms with Gasteiger partial charge < -0.3 is 5.73 Å². The molecule has 0 bridgehead atoms. The summed E-state index contributed by atoms with van der Waals surface area (Å²) < 4.78 is 2.61. The van der Waals surface area contributed by atoms with Crippen molar-refractivity contribution in [1.29, 1.82) is 0 Å². The molecule has 0 spiro atoms. The Labute approximate surface area is 72.9 Å². The number of nitrogens with two attached hydrogens (primary N) is 1. The second-order valence-corrected chi connectivity index (χ2v) is 3.86. The Morgan fingerprint density at radius 2 is 2.10 bits per heavy atom. The number of nitrogen functional groups attached to an aromatic ring is 1. The summed E-state index contributed by atoms with van der Waals surface area (Å²) in [5, 5.41) is 3.00. The van der Waals surface area contributed by atoms with Crippen LogP contribution in [0.15, 0.2) is 17.5 Å². The first-order chi connectivity index (χ1) is 4.36. The summed E-state index contributed by atoms with van der Waals surface area (Å²) in [5.41, 5.74) is 5.56. The van der Waals surface area contributed by atoms with Crippen LogP contribution in [0.1, 0.15) is 0 Å². The molecule has 2 aromatic heterocycles. The Morgan fingerprint density at radius 1 is 1.30 bits per heavy atom. The first kappa shape index (κ1) is 7.85. The topological polar surface area (TPSA) is 26.0 Å². The first-order valence-corrected chi connectivity index (χ1v) is 4.28. The average Bonchev–Trinajstić information content (AvgIpc) is 2.22. The molecule has 4 heteroatoms. The van der Waals surface area contributed by atoms with Gasteiger partial charge in [-0.2, -0.15) is 0 Å². The summed E-state index contributed by atoms with van der Waals surface area (Å²) in [4.78, 5) is 0. The fourth-order valence-electron chi connectivity index (χ4n) is 0.784. The van der Waals surface area contributed by atoms with Crippen molar-refractivity contribution in [3.8, 4) is 0 Å². The zero-order valence-electron chi connectivity index (χ0n) is 5.03. The van der Waals surface area contributed by atoms with Crippen LogP contribution < -0.4 is 5.73 Å². The van der Waals surface area contributed by atoms with Gasteiger partial charge in [0, 0.05) is 9.40 Å². The van der Waals surface area contributed by atoms with Crippen molar-refractivity contribution in [2.24, 2.45) is 0 Å². The summed E-state index contributed by atoms with van der Waals surface area (Å²) >= 11 is 3.39. The third-order valence-electron chi connectivity index (χ3n) is 1.16. The lowest BCUT2D eigenvalue weighted by molar-refractivity contribution is 2.02. The first-order valence-electron chi connectivity index (χ1n) is 2.59. The Morgan fingerprint density at radius 3 is 2.80 bits per heavy atom. The van der Waals surface area contributed by atoms with Crippen molar-refractivity contribution in [3.63, 3.8) is 0 Å². The lowest BCUT2D eigenvalue weighted by atomic mass is 10.5. The van der Waals surface area contributed by atoms with Crippen LogP contribution in [0.2, 0.25) is 0 Å². The third kappa shape index (κ3) is 1.12.